The van der Waals surface area contributed by atoms with Gasteiger partial charge < -0.3 is 11.1 Å². The Morgan fingerprint density at radius 3 is 2.73 bits per heavy atom. The van der Waals surface area contributed by atoms with Gasteiger partial charge in [0.05, 0.1) is 16.6 Å². The molecule has 1 heterocycles. The monoisotopic (exact) mass is 371 g/mol. The Morgan fingerprint density at radius 2 is 2.00 bits per heavy atom. The molecule has 1 aromatic heterocycles. The first kappa shape index (κ1) is 19.1. The summed E-state index contributed by atoms with van der Waals surface area (Å²) >= 11 is 1.72. The minimum absolute atomic E-state index is 0.00501. The van der Waals surface area contributed by atoms with Crippen molar-refractivity contribution in [3.8, 4) is 0 Å². The summed E-state index contributed by atoms with van der Waals surface area (Å²) in [7, 11) is 0. The molecule has 0 bridgehead atoms. The lowest BCUT2D eigenvalue weighted by Crippen LogP contribution is -2.36. The van der Waals surface area contributed by atoms with Crippen LogP contribution in [0.5, 0.6) is 0 Å². The molecular weight excluding hydrogens is 342 g/mol. The number of hydrogen-bond acceptors (Lipinski definition) is 4. The van der Waals surface area contributed by atoms with Crippen LogP contribution in [0.15, 0.2) is 35.7 Å². The van der Waals surface area contributed by atoms with E-state index in [-0.39, 0.29) is 17.9 Å². The first-order valence-electron chi connectivity index (χ1n) is 9.67. The van der Waals surface area contributed by atoms with Crippen LogP contribution in [0.3, 0.4) is 0 Å². The summed E-state index contributed by atoms with van der Waals surface area (Å²) in [6.07, 6.45) is 7.35. The van der Waals surface area contributed by atoms with Gasteiger partial charge in [-0.25, -0.2) is 4.98 Å². The highest BCUT2D eigenvalue weighted by Crippen LogP contribution is 2.33. The number of amides is 1. The van der Waals surface area contributed by atoms with E-state index in [1.165, 1.54) is 37.8 Å². The Hall–Kier alpha value is -1.72. The van der Waals surface area contributed by atoms with Gasteiger partial charge in [-0.05, 0) is 18.4 Å². The molecule has 3 N–H and O–H groups in total. The summed E-state index contributed by atoms with van der Waals surface area (Å²) in [6, 6.07) is 9.51. The van der Waals surface area contributed by atoms with E-state index in [1.807, 2.05) is 37.3 Å². The molecule has 140 valence electrons. The Labute approximate surface area is 160 Å². The predicted molar refractivity (Wildman–Crippen MR) is 107 cm³/mol. The van der Waals surface area contributed by atoms with Crippen molar-refractivity contribution in [3.05, 3.63) is 52.0 Å². The lowest BCUT2D eigenvalue weighted by Gasteiger charge is -2.20. The zero-order valence-corrected chi connectivity index (χ0v) is 16.3. The van der Waals surface area contributed by atoms with Crippen molar-refractivity contribution < 1.29 is 4.79 Å². The van der Waals surface area contributed by atoms with Gasteiger partial charge in [0, 0.05) is 30.3 Å². The number of thiazole rings is 1. The first-order valence-corrected chi connectivity index (χ1v) is 10.6. The molecule has 2 atom stereocenters. The van der Waals surface area contributed by atoms with Crippen LogP contribution >= 0.6 is 11.3 Å². The first-order chi connectivity index (χ1) is 12.6. The van der Waals surface area contributed by atoms with Gasteiger partial charge >= 0.3 is 0 Å². The molecule has 2 aromatic rings. The van der Waals surface area contributed by atoms with Crippen LogP contribution in [0.4, 0.5) is 0 Å². The van der Waals surface area contributed by atoms with Crippen molar-refractivity contribution in [3.63, 3.8) is 0 Å². The molecule has 1 amide bonds. The Balaban J connectivity index is 1.45. The summed E-state index contributed by atoms with van der Waals surface area (Å²) in [5, 5.41) is 6.34. The number of rotatable bonds is 7. The molecule has 0 radical (unpaired) electrons. The minimum Gasteiger partial charge on any atom is -0.355 e. The molecule has 1 aliphatic rings. The van der Waals surface area contributed by atoms with E-state index >= 15 is 0 Å². The lowest BCUT2D eigenvalue weighted by atomic mass is 9.87. The predicted octanol–water partition coefficient (Wildman–Crippen LogP) is 4.19. The lowest BCUT2D eigenvalue weighted by molar-refractivity contribution is -0.125. The van der Waals surface area contributed by atoms with Crippen LogP contribution < -0.4 is 11.1 Å². The third-order valence-electron chi connectivity index (χ3n) is 5.37. The van der Waals surface area contributed by atoms with E-state index in [4.69, 9.17) is 10.7 Å². The van der Waals surface area contributed by atoms with Gasteiger partial charge in [-0.15, -0.1) is 11.3 Å². The van der Waals surface area contributed by atoms with Crippen molar-refractivity contribution in [2.24, 2.45) is 11.7 Å². The van der Waals surface area contributed by atoms with E-state index in [0.29, 0.717) is 12.5 Å². The second-order valence-electron chi connectivity index (χ2n) is 7.27. The van der Waals surface area contributed by atoms with Gasteiger partial charge in [-0.3, -0.25) is 4.79 Å². The number of aromatic nitrogens is 1. The molecule has 0 spiro atoms. The molecule has 1 aliphatic carbocycles. The summed E-state index contributed by atoms with van der Waals surface area (Å²) in [5.41, 5.74) is 8.49. The molecule has 0 aliphatic heterocycles. The van der Waals surface area contributed by atoms with E-state index in [9.17, 15) is 4.79 Å². The van der Waals surface area contributed by atoms with Crippen LogP contribution in [-0.4, -0.2) is 17.4 Å². The fourth-order valence-electron chi connectivity index (χ4n) is 3.61. The Morgan fingerprint density at radius 1 is 1.27 bits per heavy atom. The average molecular weight is 372 g/mol. The number of nitrogens with two attached hydrogens (primary N) is 1. The van der Waals surface area contributed by atoms with Crippen molar-refractivity contribution in [1.29, 1.82) is 0 Å². The van der Waals surface area contributed by atoms with Crippen LogP contribution in [0, 0.1) is 5.92 Å². The molecule has 5 heteroatoms. The van der Waals surface area contributed by atoms with Crippen LogP contribution in [0.25, 0.3) is 0 Å². The second kappa shape index (κ2) is 9.28. The van der Waals surface area contributed by atoms with E-state index in [0.717, 1.165) is 17.0 Å². The average Bonchev–Trinajstić information content (AvgIpc) is 3.17. The summed E-state index contributed by atoms with van der Waals surface area (Å²) in [6.45, 7) is 2.50. The number of hydrogen-bond donors (Lipinski definition) is 2. The summed E-state index contributed by atoms with van der Waals surface area (Å²) in [4.78, 5) is 17.2. The summed E-state index contributed by atoms with van der Waals surface area (Å²) < 4.78 is 0. The highest BCUT2D eigenvalue weighted by atomic mass is 32.1. The number of carbonyl (C=O) groups excluding carboxylic acids is 1. The summed E-state index contributed by atoms with van der Waals surface area (Å²) in [5.74, 6) is 0.393. The van der Waals surface area contributed by atoms with E-state index in [2.05, 4.69) is 10.7 Å². The fourth-order valence-corrected chi connectivity index (χ4v) is 4.49. The maximum atomic E-state index is 12.4. The van der Waals surface area contributed by atoms with Crippen LogP contribution in [-0.2, 0) is 11.2 Å². The van der Waals surface area contributed by atoms with Crippen molar-refractivity contribution in [2.45, 2.75) is 57.4 Å². The highest BCUT2D eigenvalue weighted by Gasteiger charge is 2.22. The third-order valence-corrected chi connectivity index (χ3v) is 6.29. The van der Waals surface area contributed by atoms with E-state index < -0.39 is 0 Å². The molecule has 1 aromatic carbocycles. The van der Waals surface area contributed by atoms with Crippen LogP contribution in [0.2, 0.25) is 0 Å². The van der Waals surface area contributed by atoms with Gasteiger partial charge in [-0.1, -0.05) is 56.5 Å². The molecule has 3 rings (SSSR count). The molecule has 1 fully saturated rings. The zero-order valence-electron chi connectivity index (χ0n) is 15.5. The maximum absolute atomic E-state index is 12.4. The number of carbonyl (C=O) groups is 1. The Kier molecular flexibility index (Phi) is 6.80. The SMILES string of the molecule is CC(C(=O)NCCc1nc(C2CCCCC2)cs1)C(N)c1ccccc1. The normalized spacial score (nSPS) is 17.6. The molecular formula is C21H29N3OS. The largest absolute Gasteiger partial charge is 0.355 e. The van der Waals surface area contributed by atoms with Gasteiger partial charge in [-0.2, -0.15) is 0 Å². The zero-order chi connectivity index (χ0) is 18.4. The highest BCUT2D eigenvalue weighted by molar-refractivity contribution is 7.09. The second-order valence-corrected chi connectivity index (χ2v) is 8.21. The molecule has 26 heavy (non-hydrogen) atoms. The van der Waals surface area contributed by atoms with Gasteiger partial charge in [0.15, 0.2) is 0 Å². The maximum Gasteiger partial charge on any atom is 0.224 e. The molecule has 2 unspecified atom stereocenters. The standard InChI is InChI=1S/C21H29N3OS/c1-15(20(22)17-10-6-3-7-11-17)21(25)23-13-12-19-24-18(14-26-19)16-8-4-2-5-9-16/h3,6-7,10-11,14-16,20H,2,4-5,8-9,12-13,22H2,1H3,(H,23,25). The molecule has 0 saturated heterocycles. The van der Waals surface area contributed by atoms with Crippen molar-refractivity contribution in [1.82, 2.24) is 10.3 Å². The smallest absolute Gasteiger partial charge is 0.224 e. The minimum atomic E-state index is -0.283. The molecule has 1 saturated carbocycles. The number of nitrogens with zero attached hydrogens (tertiary/aromatic N) is 1. The number of benzene rings is 1. The van der Waals surface area contributed by atoms with Crippen LogP contribution in [0.1, 0.15) is 67.3 Å². The van der Waals surface area contributed by atoms with Gasteiger partial charge in [0.2, 0.25) is 5.91 Å². The quantitative estimate of drug-likeness (QED) is 0.767. The number of nitrogens with one attached hydrogen (secondary N) is 1. The fraction of sp³-hybridized carbons (Fsp3) is 0.524. The third kappa shape index (κ3) is 4.92. The molecule has 4 nitrogen and oxygen atoms in total. The van der Waals surface area contributed by atoms with Crippen molar-refractivity contribution in [2.75, 3.05) is 6.54 Å². The Bertz CT molecular complexity index is 694. The van der Waals surface area contributed by atoms with E-state index in [1.54, 1.807) is 11.3 Å². The van der Waals surface area contributed by atoms with Gasteiger partial charge in [0.25, 0.3) is 0 Å². The van der Waals surface area contributed by atoms with Gasteiger partial charge in [0.1, 0.15) is 0 Å². The van der Waals surface area contributed by atoms with Crippen molar-refractivity contribution >= 4 is 17.2 Å². The topological polar surface area (TPSA) is 68.0 Å².